The Hall–Kier alpha value is -6.52. The number of esters is 3. The Morgan fingerprint density at radius 1 is 0.676 bits per heavy atom. The molecule has 5 rings (SSSR count). The molecule has 0 amide bonds. The van der Waals surface area contributed by atoms with E-state index in [2.05, 4.69) is 5.73 Å². The van der Waals surface area contributed by atoms with E-state index in [1.807, 2.05) is 129 Å². The monoisotopic (exact) mass is 969 g/mol. The average Bonchev–Trinajstić information content (AvgIpc) is 3.87. The van der Waals surface area contributed by atoms with Crippen LogP contribution >= 0.6 is 0 Å². The molecular formula is C60H72O11. The number of hydrogen-bond donors (Lipinski definition) is 3. The van der Waals surface area contributed by atoms with Crippen molar-refractivity contribution in [3.05, 3.63) is 154 Å². The third-order valence-electron chi connectivity index (χ3n) is 13.5. The average molecular weight is 969 g/mol. The molecule has 11 heteroatoms. The molecule has 5 atom stereocenters. The molecule has 3 N–H and O–H groups in total. The number of epoxide rings is 1. The van der Waals surface area contributed by atoms with E-state index in [0.29, 0.717) is 42.6 Å². The van der Waals surface area contributed by atoms with Crippen LogP contribution in [0.25, 0.3) is 12.2 Å². The van der Waals surface area contributed by atoms with Crippen molar-refractivity contribution in [3.8, 4) is 17.2 Å². The largest absolute Gasteiger partial charge is 0.508 e. The maximum absolute atomic E-state index is 13.6. The van der Waals surface area contributed by atoms with Gasteiger partial charge in [0.05, 0.1) is 24.0 Å². The maximum Gasteiger partial charge on any atom is 0.311 e. The third kappa shape index (κ3) is 15.5. The Kier molecular flexibility index (Phi) is 18.1. The molecule has 2 aliphatic carbocycles. The molecule has 2 aromatic carbocycles. The number of aliphatic hydroxyl groups is 1. The molecular weight excluding hydrogens is 897 g/mol. The Morgan fingerprint density at radius 3 is 1.83 bits per heavy atom. The van der Waals surface area contributed by atoms with Gasteiger partial charge in [0.25, 0.3) is 0 Å². The Labute approximate surface area is 420 Å². The molecule has 1 heterocycles. The Morgan fingerprint density at radius 2 is 1.24 bits per heavy atom. The normalized spacial score (nSPS) is 25.5. The van der Waals surface area contributed by atoms with Crippen molar-refractivity contribution in [2.24, 2.45) is 10.8 Å². The predicted octanol–water partition coefficient (Wildman–Crippen LogP) is 12.2. The second kappa shape index (κ2) is 23.1. The van der Waals surface area contributed by atoms with Gasteiger partial charge < -0.3 is 34.3 Å². The van der Waals surface area contributed by atoms with E-state index in [9.17, 15) is 34.5 Å². The van der Waals surface area contributed by atoms with Crippen LogP contribution in [0.2, 0.25) is 0 Å². The third-order valence-corrected chi connectivity index (χ3v) is 13.5. The lowest BCUT2D eigenvalue weighted by Gasteiger charge is -2.44. The van der Waals surface area contributed by atoms with Gasteiger partial charge >= 0.3 is 17.9 Å². The van der Waals surface area contributed by atoms with Crippen molar-refractivity contribution in [1.82, 2.24) is 0 Å². The van der Waals surface area contributed by atoms with Crippen LogP contribution in [0.5, 0.6) is 17.2 Å². The summed E-state index contributed by atoms with van der Waals surface area (Å²) in [5.41, 5.74) is 5.91. The molecule has 1 aliphatic heterocycles. The highest BCUT2D eigenvalue weighted by molar-refractivity contribution is 5.96. The zero-order valence-electron chi connectivity index (χ0n) is 43.3. The van der Waals surface area contributed by atoms with E-state index in [1.165, 1.54) is 25.1 Å². The number of carbonyl (C=O) groups excluding carboxylic acids is 4. The van der Waals surface area contributed by atoms with Crippen molar-refractivity contribution in [1.29, 1.82) is 0 Å². The fourth-order valence-electron chi connectivity index (χ4n) is 9.99. The topological polar surface area (TPSA) is 169 Å². The second-order valence-corrected chi connectivity index (χ2v) is 21.0. The summed E-state index contributed by atoms with van der Waals surface area (Å²) in [5, 5.41) is 30.6. The number of benzene rings is 2. The van der Waals surface area contributed by atoms with Crippen molar-refractivity contribution < 1.29 is 53.4 Å². The minimum absolute atomic E-state index is 0.00808. The molecule has 4 unspecified atom stereocenters. The Bertz CT molecular complexity index is 2610. The van der Waals surface area contributed by atoms with Gasteiger partial charge in [0.15, 0.2) is 5.78 Å². The standard InChI is InChI=1S/C60H72O11/c1-40(18-14-19-42(3)22-29-53-56(6,7)35-50(68-44(5)61)37-58(53,10)67)16-12-13-17-41(2)20-15-21-43(4)52(64)39-60-57(8,9)36-51(38-59(60,11)71-60)70-55(66)31-30-54(65)69-49-27-25-45(26-28-49)23-24-46-32-47(62)34-48(63)33-46/h12-28,32-34,50-51,62-63,67H,30-31,35-39H2,1-11H3/b13-12+,18-14+,20-15+,24-23+,40-16+,41-17+,42-19+,43-21+/t29?,50?,51?,58-,59?,60?/m1/s1. The molecule has 3 aliphatic rings. The van der Waals surface area contributed by atoms with Crippen LogP contribution in [0.15, 0.2) is 143 Å². The number of phenolic OH excluding ortho intramolecular Hbond substituents is 2. The second-order valence-electron chi connectivity index (χ2n) is 21.0. The van der Waals surface area contributed by atoms with Crippen molar-refractivity contribution in [2.45, 2.75) is 150 Å². The first-order valence-electron chi connectivity index (χ1n) is 24.3. The molecule has 11 nitrogen and oxygen atoms in total. The van der Waals surface area contributed by atoms with E-state index in [4.69, 9.17) is 18.9 Å². The van der Waals surface area contributed by atoms with Crippen molar-refractivity contribution in [2.75, 3.05) is 0 Å². The van der Waals surface area contributed by atoms with Crippen LogP contribution in [0.4, 0.5) is 0 Å². The summed E-state index contributed by atoms with van der Waals surface area (Å²) in [5.74, 6) is -1.17. The molecule has 2 saturated carbocycles. The number of rotatable bonds is 18. The minimum atomic E-state index is -1.13. The van der Waals surface area contributed by atoms with E-state index >= 15 is 0 Å². The van der Waals surface area contributed by atoms with Crippen LogP contribution < -0.4 is 4.74 Å². The van der Waals surface area contributed by atoms with Crippen LogP contribution in [0, 0.1) is 10.8 Å². The SMILES string of the molecule is CC(=O)OC1CC(C)(C)C(=C=C/C(C)=C/C=C/C(C)=C/C=C/C=C(C)/C=C/C=C(\C)C(=O)CC23OC2(C)CC(OC(=O)CCC(=O)Oc2ccc(/C=C/c4cc(O)cc(O)c4)cc2)CC3(C)C)[C@](C)(O)C1. The fourth-order valence-corrected chi connectivity index (χ4v) is 9.99. The van der Waals surface area contributed by atoms with Gasteiger partial charge in [-0.15, -0.1) is 5.73 Å². The number of hydrogen-bond acceptors (Lipinski definition) is 11. The van der Waals surface area contributed by atoms with Gasteiger partial charge in [0.2, 0.25) is 0 Å². The first-order chi connectivity index (χ1) is 33.2. The highest BCUT2D eigenvalue weighted by Gasteiger charge is 2.76. The summed E-state index contributed by atoms with van der Waals surface area (Å²) in [4.78, 5) is 50.6. The lowest BCUT2D eigenvalue weighted by Crippen LogP contribution is -2.49. The van der Waals surface area contributed by atoms with Crippen molar-refractivity contribution in [3.63, 3.8) is 0 Å². The van der Waals surface area contributed by atoms with Crippen LogP contribution in [0.1, 0.15) is 132 Å². The van der Waals surface area contributed by atoms with Gasteiger partial charge in [-0.05, 0) is 112 Å². The highest BCUT2D eigenvalue weighted by atomic mass is 16.6. The molecule has 0 radical (unpaired) electrons. The van der Waals surface area contributed by atoms with Crippen LogP contribution in [-0.4, -0.2) is 68.0 Å². The summed E-state index contributed by atoms with van der Waals surface area (Å²) < 4.78 is 23.1. The van der Waals surface area contributed by atoms with Crippen LogP contribution in [0.3, 0.4) is 0 Å². The number of ether oxygens (including phenoxy) is 4. The van der Waals surface area contributed by atoms with E-state index in [-0.39, 0.29) is 54.0 Å². The summed E-state index contributed by atoms with van der Waals surface area (Å²) in [6.45, 7) is 21.1. The van der Waals surface area contributed by atoms with Gasteiger partial charge in [0, 0.05) is 43.2 Å². The fraction of sp³-hybridized carbons (Fsp3) is 0.417. The molecule has 0 aromatic heterocycles. The van der Waals surface area contributed by atoms with Gasteiger partial charge in [0.1, 0.15) is 35.1 Å². The van der Waals surface area contributed by atoms with Crippen LogP contribution in [-0.2, 0) is 33.4 Å². The molecule has 2 aromatic rings. The van der Waals surface area contributed by atoms with Gasteiger partial charge in [-0.1, -0.05) is 124 Å². The number of ketones is 1. The summed E-state index contributed by atoms with van der Waals surface area (Å²) >= 11 is 0. The summed E-state index contributed by atoms with van der Waals surface area (Å²) in [7, 11) is 0. The number of Topliss-reactive ketones (excluding diaryl/α,β-unsaturated/α-hetero) is 1. The smallest absolute Gasteiger partial charge is 0.311 e. The van der Waals surface area contributed by atoms with E-state index in [1.54, 1.807) is 43.3 Å². The highest BCUT2D eigenvalue weighted by Crippen LogP contribution is 2.67. The zero-order chi connectivity index (χ0) is 52.4. The summed E-state index contributed by atoms with van der Waals surface area (Å²) in [6.07, 6.45) is 26.0. The Balaban J connectivity index is 1.05. The van der Waals surface area contributed by atoms with E-state index < -0.39 is 40.3 Å². The summed E-state index contributed by atoms with van der Waals surface area (Å²) in [6, 6.07) is 11.1. The molecule has 0 spiro atoms. The molecule has 0 bridgehead atoms. The predicted molar refractivity (Wildman–Crippen MR) is 278 cm³/mol. The quantitative estimate of drug-likeness (QED) is 0.0247. The first-order valence-corrected chi connectivity index (χ1v) is 24.3. The zero-order valence-corrected chi connectivity index (χ0v) is 43.3. The lowest BCUT2D eigenvalue weighted by atomic mass is 9.61. The minimum Gasteiger partial charge on any atom is -0.508 e. The maximum atomic E-state index is 13.6. The van der Waals surface area contributed by atoms with Gasteiger partial charge in [-0.25, -0.2) is 0 Å². The number of allylic oxidation sites excluding steroid dienone is 14. The van der Waals surface area contributed by atoms with Crippen molar-refractivity contribution >= 4 is 35.8 Å². The first kappa shape index (κ1) is 55.4. The molecule has 71 heavy (non-hydrogen) atoms. The molecule has 378 valence electrons. The van der Waals surface area contributed by atoms with E-state index in [0.717, 1.165) is 27.9 Å². The number of fused-ring (bicyclic) bond motifs is 1. The van der Waals surface area contributed by atoms with Gasteiger partial charge in [-0.3, -0.25) is 19.2 Å². The van der Waals surface area contributed by atoms with Gasteiger partial charge in [-0.2, -0.15) is 0 Å². The number of aromatic hydroxyl groups is 2. The number of carbonyl (C=O) groups is 4. The number of phenols is 2. The lowest BCUT2D eigenvalue weighted by molar-refractivity contribution is -0.155. The molecule has 1 saturated heterocycles. The molecule has 3 fully saturated rings.